The maximum Gasteiger partial charge on any atom is 0.0815 e. The van der Waals surface area contributed by atoms with Gasteiger partial charge in [0.1, 0.15) is 0 Å². The van der Waals surface area contributed by atoms with Crippen LogP contribution in [0, 0.1) is 23.7 Å². The van der Waals surface area contributed by atoms with Gasteiger partial charge in [0.15, 0.2) is 0 Å². The quantitative estimate of drug-likeness (QED) is 0.629. The molecule has 19 heavy (non-hydrogen) atoms. The predicted molar refractivity (Wildman–Crippen MR) is 87.5 cm³/mol. The minimum Gasteiger partial charge on any atom is -0.363 e. The molecule has 0 radical (unpaired) electrons. The van der Waals surface area contributed by atoms with Crippen LogP contribution >= 0.6 is 12.2 Å². The first kappa shape index (κ1) is 15.3. The predicted octanol–water partition coefficient (Wildman–Crippen LogP) is 4.90. The summed E-state index contributed by atoms with van der Waals surface area (Å²) < 4.78 is 0. The molecule has 2 fully saturated rings. The van der Waals surface area contributed by atoms with Gasteiger partial charge in [0, 0.05) is 18.5 Å². The van der Waals surface area contributed by atoms with Crippen LogP contribution in [0.4, 0.5) is 0 Å². The van der Waals surface area contributed by atoms with E-state index in [0.717, 1.165) is 17.8 Å². The molecule has 2 heteroatoms. The molecule has 2 aliphatic rings. The van der Waals surface area contributed by atoms with Gasteiger partial charge < -0.3 is 4.90 Å². The third kappa shape index (κ3) is 3.71. The fourth-order valence-electron chi connectivity index (χ4n) is 4.29. The molecule has 0 amide bonds. The topological polar surface area (TPSA) is 3.24 Å². The van der Waals surface area contributed by atoms with E-state index < -0.39 is 0 Å². The summed E-state index contributed by atoms with van der Waals surface area (Å²) in [7, 11) is 0. The van der Waals surface area contributed by atoms with Crippen molar-refractivity contribution >= 4 is 17.2 Å². The van der Waals surface area contributed by atoms with Crippen LogP contribution in [0.3, 0.4) is 0 Å². The van der Waals surface area contributed by atoms with E-state index in [1.165, 1.54) is 50.1 Å². The summed E-state index contributed by atoms with van der Waals surface area (Å²) in [6.45, 7) is 10.7. The van der Waals surface area contributed by atoms with E-state index in [4.69, 9.17) is 12.2 Å². The molecule has 110 valence electrons. The highest BCUT2D eigenvalue weighted by Crippen LogP contribution is 2.38. The first-order chi connectivity index (χ1) is 8.99. The van der Waals surface area contributed by atoms with E-state index >= 15 is 0 Å². The third-order valence-electron chi connectivity index (χ3n) is 5.26. The normalized spacial score (nSPS) is 37.5. The average molecular weight is 282 g/mol. The van der Waals surface area contributed by atoms with Crippen molar-refractivity contribution in [1.82, 2.24) is 4.90 Å². The SMILES string of the molecule is CC1CCCC2C(=S)N(C(C)C)CCC2CC(C)C1. The van der Waals surface area contributed by atoms with Gasteiger partial charge in [0.05, 0.1) is 4.99 Å². The molecule has 1 heterocycles. The molecular formula is C17H31NS. The molecule has 0 aromatic carbocycles. The monoisotopic (exact) mass is 281 g/mol. The van der Waals surface area contributed by atoms with E-state index in [9.17, 15) is 0 Å². The van der Waals surface area contributed by atoms with Gasteiger partial charge in [-0.05, 0) is 57.3 Å². The van der Waals surface area contributed by atoms with Crippen molar-refractivity contribution < 1.29 is 0 Å². The minimum atomic E-state index is 0.581. The fraction of sp³-hybridized carbons (Fsp3) is 0.941. The molecule has 1 saturated heterocycles. The van der Waals surface area contributed by atoms with Gasteiger partial charge in [-0.25, -0.2) is 0 Å². The number of fused-ring (bicyclic) bond motifs is 1. The number of rotatable bonds is 1. The van der Waals surface area contributed by atoms with Gasteiger partial charge in [-0.3, -0.25) is 0 Å². The van der Waals surface area contributed by atoms with Crippen LogP contribution in [0.25, 0.3) is 0 Å². The molecule has 1 nitrogen and oxygen atoms in total. The summed E-state index contributed by atoms with van der Waals surface area (Å²) in [6, 6.07) is 0.581. The highest BCUT2D eigenvalue weighted by Gasteiger charge is 2.35. The number of hydrogen-bond donors (Lipinski definition) is 0. The van der Waals surface area contributed by atoms with Gasteiger partial charge in [-0.1, -0.05) is 38.9 Å². The summed E-state index contributed by atoms with van der Waals surface area (Å²) in [5.41, 5.74) is 0. The summed E-state index contributed by atoms with van der Waals surface area (Å²) in [4.78, 5) is 3.77. The second-order valence-electron chi connectivity index (χ2n) is 7.39. The summed E-state index contributed by atoms with van der Waals surface area (Å²) >= 11 is 5.84. The molecule has 0 aromatic rings. The third-order valence-corrected chi connectivity index (χ3v) is 5.79. The molecule has 4 unspecified atom stereocenters. The van der Waals surface area contributed by atoms with Gasteiger partial charge in [-0.2, -0.15) is 0 Å². The second kappa shape index (κ2) is 6.56. The Bertz CT molecular complexity index is 312. The number of piperidine rings is 1. The zero-order valence-electron chi connectivity index (χ0n) is 13.2. The van der Waals surface area contributed by atoms with Crippen LogP contribution in [0.15, 0.2) is 0 Å². The summed E-state index contributed by atoms with van der Waals surface area (Å²) in [5, 5.41) is 0. The summed E-state index contributed by atoms with van der Waals surface area (Å²) in [5.74, 6) is 3.35. The lowest BCUT2D eigenvalue weighted by atomic mass is 9.77. The van der Waals surface area contributed by atoms with Crippen LogP contribution in [0.2, 0.25) is 0 Å². The molecule has 0 N–H and O–H groups in total. The van der Waals surface area contributed by atoms with E-state index in [1.807, 2.05) is 0 Å². The second-order valence-corrected chi connectivity index (χ2v) is 7.81. The van der Waals surface area contributed by atoms with E-state index in [-0.39, 0.29) is 0 Å². The molecule has 1 saturated carbocycles. The Kier molecular flexibility index (Phi) is 5.28. The molecule has 0 spiro atoms. The van der Waals surface area contributed by atoms with Crippen LogP contribution in [0.5, 0.6) is 0 Å². The van der Waals surface area contributed by atoms with Crippen molar-refractivity contribution in [2.24, 2.45) is 23.7 Å². The fourth-order valence-corrected chi connectivity index (χ4v) is 4.90. The number of hydrogen-bond acceptors (Lipinski definition) is 1. The molecule has 1 aliphatic heterocycles. The van der Waals surface area contributed by atoms with Gasteiger partial charge >= 0.3 is 0 Å². The molecule has 1 aliphatic carbocycles. The standard InChI is InChI=1S/C17H31NS/c1-12(2)18-9-8-15-11-14(4)10-13(3)6-5-7-16(15)17(18)19/h12-16H,5-11H2,1-4H3. The number of thiocarbonyl (C=S) groups is 1. The molecule has 2 rings (SSSR count). The lowest BCUT2D eigenvalue weighted by Crippen LogP contribution is -2.47. The first-order valence-corrected chi connectivity index (χ1v) is 8.70. The molecule has 0 aromatic heterocycles. The largest absolute Gasteiger partial charge is 0.363 e. The highest BCUT2D eigenvalue weighted by molar-refractivity contribution is 7.80. The Morgan fingerprint density at radius 1 is 1.05 bits per heavy atom. The van der Waals surface area contributed by atoms with E-state index in [0.29, 0.717) is 12.0 Å². The van der Waals surface area contributed by atoms with Gasteiger partial charge in [0.25, 0.3) is 0 Å². The Labute approximate surface area is 125 Å². The lowest BCUT2D eigenvalue weighted by Gasteiger charge is -2.43. The number of nitrogens with zero attached hydrogens (tertiary/aromatic N) is 1. The maximum absolute atomic E-state index is 5.84. The highest BCUT2D eigenvalue weighted by atomic mass is 32.1. The van der Waals surface area contributed by atoms with Crippen molar-refractivity contribution in [2.75, 3.05) is 6.54 Å². The van der Waals surface area contributed by atoms with E-state index in [2.05, 4.69) is 32.6 Å². The zero-order valence-corrected chi connectivity index (χ0v) is 14.0. The average Bonchev–Trinajstić information content (AvgIpc) is 2.37. The maximum atomic E-state index is 5.84. The Hall–Kier alpha value is -0.110. The van der Waals surface area contributed by atoms with Crippen LogP contribution in [0.1, 0.15) is 66.2 Å². The van der Waals surface area contributed by atoms with Crippen LogP contribution < -0.4 is 0 Å². The Balaban J connectivity index is 2.10. The molecule has 4 atom stereocenters. The van der Waals surface area contributed by atoms with Gasteiger partial charge in [-0.15, -0.1) is 0 Å². The Morgan fingerprint density at radius 2 is 1.79 bits per heavy atom. The summed E-state index contributed by atoms with van der Waals surface area (Å²) in [6.07, 6.45) is 8.30. The smallest absolute Gasteiger partial charge is 0.0815 e. The van der Waals surface area contributed by atoms with Crippen molar-refractivity contribution in [2.45, 2.75) is 72.3 Å². The van der Waals surface area contributed by atoms with Crippen LogP contribution in [-0.4, -0.2) is 22.5 Å². The van der Waals surface area contributed by atoms with Gasteiger partial charge in [0.2, 0.25) is 0 Å². The van der Waals surface area contributed by atoms with Crippen molar-refractivity contribution in [3.63, 3.8) is 0 Å². The van der Waals surface area contributed by atoms with Crippen LogP contribution in [-0.2, 0) is 0 Å². The zero-order chi connectivity index (χ0) is 14.0. The first-order valence-electron chi connectivity index (χ1n) is 8.29. The van der Waals surface area contributed by atoms with E-state index in [1.54, 1.807) is 0 Å². The van der Waals surface area contributed by atoms with Crippen molar-refractivity contribution in [3.05, 3.63) is 0 Å². The Morgan fingerprint density at radius 3 is 2.47 bits per heavy atom. The molecule has 0 bridgehead atoms. The van der Waals surface area contributed by atoms with Crippen molar-refractivity contribution in [1.29, 1.82) is 0 Å². The number of likely N-dealkylation sites (tertiary alicyclic amines) is 1. The van der Waals surface area contributed by atoms with Crippen molar-refractivity contribution in [3.8, 4) is 0 Å². The minimum absolute atomic E-state index is 0.581. The lowest BCUT2D eigenvalue weighted by molar-refractivity contribution is 0.200. The molecular weight excluding hydrogens is 250 g/mol.